The molecule has 3 unspecified atom stereocenters. The van der Waals surface area contributed by atoms with Crippen molar-refractivity contribution in [2.45, 2.75) is 50.7 Å². The van der Waals surface area contributed by atoms with E-state index in [1.54, 1.807) is 14.2 Å². The Bertz CT molecular complexity index is 202. The summed E-state index contributed by atoms with van der Waals surface area (Å²) in [7, 11) is 3.51. The highest BCUT2D eigenvalue weighted by atomic mass is 16.5. The van der Waals surface area contributed by atoms with Crippen LogP contribution in [0, 0.1) is 0 Å². The molecule has 0 aromatic rings. The van der Waals surface area contributed by atoms with E-state index in [2.05, 4.69) is 11.8 Å². The first-order valence-corrected chi connectivity index (χ1v) is 6.70. The predicted molar refractivity (Wildman–Crippen MR) is 70.2 cm³/mol. The summed E-state index contributed by atoms with van der Waals surface area (Å²) < 4.78 is 10.5. The van der Waals surface area contributed by atoms with E-state index in [-0.39, 0.29) is 0 Å². The van der Waals surface area contributed by atoms with Gasteiger partial charge in [-0.1, -0.05) is 12.8 Å². The van der Waals surface area contributed by atoms with Gasteiger partial charge in [-0.25, -0.2) is 0 Å². The highest BCUT2D eigenvalue weighted by Crippen LogP contribution is 2.23. The molecule has 0 radical (unpaired) electrons. The van der Waals surface area contributed by atoms with Crippen molar-refractivity contribution in [1.82, 2.24) is 4.90 Å². The van der Waals surface area contributed by atoms with Crippen LogP contribution in [0.25, 0.3) is 0 Å². The molecule has 3 atom stereocenters. The summed E-state index contributed by atoms with van der Waals surface area (Å²) >= 11 is 0. The number of ether oxygens (including phenoxy) is 2. The minimum absolute atomic E-state index is 0.305. The molecule has 1 rings (SSSR count). The minimum atomic E-state index is 0.305. The number of hydrogen-bond acceptors (Lipinski definition) is 4. The summed E-state index contributed by atoms with van der Waals surface area (Å²) in [6.07, 6.45) is 4.92. The van der Waals surface area contributed by atoms with Crippen LogP contribution in [-0.2, 0) is 9.47 Å². The molecule has 0 saturated heterocycles. The Labute approximate surface area is 105 Å². The second-order valence-corrected chi connectivity index (χ2v) is 5.05. The lowest BCUT2D eigenvalue weighted by Gasteiger charge is -2.41. The van der Waals surface area contributed by atoms with Gasteiger partial charge in [0.1, 0.15) is 0 Å². The fraction of sp³-hybridized carbons (Fsp3) is 1.00. The molecule has 0 amide bonds. The van der Waals surface area contributed by atoms with Gasteiger partial charge in [0.25, 0.3) is 0 Å². The largest absolute Gasteiger partial charge is 0.383 e. The van der Waals surface area contributed by atoms with E-state index in [4.69, 9.17) is 15.2 Å². The van der Waals surface area contributed by atoms with Crippen LogP contribution in [0.15, 0.2) is 0 Å². The van der Waals surface area contributed by atoms with Gasteiger partial charge in [-0.3, -0.25) is 4.90 Å². The molecule has 0 aromatic heterocycles. The molecule has 1 aliphatic carbocycles. The van der Waals surface area contributed by atoms with Crippen molar-refractivity contribution in [3.63, 3.8) is 0 Å². The van der Waals surface area contributed by atoms with Gasteiger partial charge in [0.15, 0.2) is 0 Å². The second kappa shape index (κ2) is 8.03. The van der Waals surface area contributed by atoms with Crippen LogP contribution in [0.5, 0.6) is 0 Å². The third kappa shape index (κ3) is 4.54. The lowest BCUT2D eigenvalue weighted by atomic mass is 9.89. The SMILES string of the molecule is COCCN(C(C)COC)C1CCCCC1N. The molecule has 17 heavy (non-hydrogen) atoms. The van der Waals surface area contributed by atoms with Crippen LogP contribution in [0.4, 0.5) is 0 Å². The Morgan fingerprint density at radius 3 is 2.53 bits per heavy atom. The quantitative estimate of drug-likeness (QED) is 0.732. The molecule has 4 nitrogen and oxygen atoms in total. The summed E-state index contributed by atoms with van der Waals surface area (Å²) in [5, 5.41) is 0. The number of hydrogen-bond donors (Lipinski definition) is 1. The van der Waals surface area contributed by atoms with E-state index >= 15 is 0 Å². The molecule has 0 aromatic carbocycles. The lowest BCUT2D eigenvalue weighted by molar-refractivity contribution is 0.0284. The molecule has 0 bridgehead atoms. The summed E-state index contributed by atoms with van der Waals surface area (Å²) in [6.45, 7) is 4.67. The standard InChI is InChI=1S/C13H28N2O2/c1-11(10-17-3)15(8-9-16-2)13-7-5-4-6-12(13)14/h11-13H,4-10,14H2,1-3H3. The highest BCUT2D eigenvalue weighted by molar-refractivity contribution is 4.88. The molecule has 1 fully saturated rings. The average molecular weight is 244 g/mol. The first kappa shape index (κ1) is 14.9. The summed E-state index contributed by atoms with van der Waals surface area (Å²) in [6, 6.07) is 1.20. The van der Waals surface area contributed by atoms with Gasteiger partial charge in [0.05, 0.1) is 13.2 Å². The van der Waals surface area contributed by atoms with Crippen LogP contribution in [0.1, 0.15) is 32.6 Å². The zero-order valence-electron chi connectivity index (χ0n) is 11.5. The Morgan fingerprint density at radius 2 is 1.94 bits per heavy atom. The third-order valence-corrected chi connectivity index (χ3v) is 3.74. The van der Waals surface area contributed by atoms with Crippen molar-refractivity contribution < 1.29 is 9.47 Å². The van der Waals surface area contributed by atoms with E-state index in [0.29, 0.717) is 18.1 Å². The fourth-order valence-corrected chi connectivity index (χ4v) is 2.80. The van der Waals surface area contributed by atoms with Gasteiger partial charge in [-0.2, -0.15) is 0 Å². The zero-order chi connectivity index (χ0) is 12.7. The third-order valence-electron chi connectivity index (χ3n) is 3.74. The van der Waals surface area contributed by atoms with E-state index in [0.717, 1.165) is 26.2 Å². The monoisotopic (exact) mass is 244 g/mol. The smallest absolute Gasteiger partial charge is 0.0615 e. The van der Waals surface area contributed by atoms with Crippen molar-refractivity contribution in [2.24, 2.45) is 5.73 Å². The van der Waals surface area contributed by atoms with Gasteiger partial charge >= 0.3 is 0 Å². The molecular weight excluding hydrogens is 216 g/mol. The molecule has 2 N–H and O–H groups in total. The maximum absolute atomic E-state index is 6.26. The van der Waals surface area contributed by atoms with Gasteiger partial charge in [-0.15, -0.1) is 0 Å². The van der Waals surface area contributed by atoms with Crippen molar-refractivity contribution in [3.05, 3.63) is 0 Å². The maximum Gasteiger partial charge on any atom is 0.0615 e. The van der Waals surface area contributed by atoms with Gasteiger partial charge < -0.3 is 15.2 Å². The van der Waals surface area contributed by atoms with Crippen molar-refractivity contribution in [3.8, 4) is 0 Å². The molecule has 4 heteroatoms. The van der Waals surface area contributed by atoms with Gasteiger partial charge in [-0.05, 0) is 19.8 Å². The Balaban J connectivity index is 2.58. The Morgan fingerprint density at radius 1 is 1.24 bits per heavy atom. The van der Waals surface area contributed by atoms with Crippen LogP contribution in [-0.4, -0.2) is 57.0 Å². The normalized spacial score (nSPS) is 27.4. The molecule has 1 saturated carbocycles. The van der Waals surface area contributed by atoms with Crippen LogP contribution >= 0.6 is 0 Å². The maximum atomic E-state index is 6.26. The lowest BCUT2D eigenvalue weighted by Crippen LogP contribution is -2.54. The van der Waals surface area contributed by atoms with E-state index in [1.807, 2.05) is 0 Å². The number of rotatable bonds is 7. The van der Waals surface area contributed by atoms with Crippen molar-refractivity contribution in [1.29, 1.82) is 0 Å². The van der Waals surface area contributed by atoms with E-state index < -0.39 is 0 Å². The van der Waals surface area contributed by atoms with Crippen molar-refractivity contribution >= 4 is 0 Å². The predicted octanol–water partition coefficient (Wildman–Crippen LogP) is 1.24. The number of methoxy groups -OCH3 is 2. The molecule has 0 spiro atoms. The second-order valence-electron chi connectivity index (χ2n) is 5.05. The Kier molecular flexibility index (Phi) is 7.04. The first-order valence-electron chi connectivity index (χ1n) is 6.70. The van der Waals surface area contributed by atoms with Crippen LogP contribution < -0.4 is 5.73 Å². The van der Waals surface area contributed by atoms with Gasteiger partial charge in [0, 0.05) is 38.9 Å². The van der Waals surface area contributed by atoms with Crippen LogP contribution in [0.3, 0.4) is 0 Å². The fourth-order valence-electron chi connectivity index (χ4n) is 2.80. The zero-order valence-corrected chi connectivity index (χ0v) is 11.5. The molecule has 1 aliphatic rings. The van der Waals surface area contributed by atoms with E-state index in [9.17, 15) is 0 Å². The van der Waals surface area contributed by atoms with Crippen molar-refractivity contribution in [2.75, 3.05) is 34.0 Å². The molecule has 102 valence electrons. The van der Waals surface area contributed by atoms with Gasteiger partial charge in [0.2, 0.25) is 0 Å². The van der Waals surface area contributed by atoms with E-state index in [1.165, 1.54) is 19.3 Å². The molecular formula is C13H28N2O2. The summed E-state index contributed by atoms with van der Waals surface area (Å²) in [5.74, 6) is 0. The topological polar surface area (TPSA) is 47.7 Å². The average Bonchev–Trinajstić information content (AvgIpc) is 2.32. The molecule has 0 aliphatic heterocycles. The minimum Gasteiger partial charge on any atom is -0.383 e. The Hall–Kier alpha value is -0.160. The number of nitrogens with two attached hydrogens (primary N) is 1. The first-order chi connectivity index (χ1) is 8.20. The molecule has 0 heterocycles. The summed E-state index contributed by atoms with van der Waals surface area (Å²) in [5.41, 5.74) is 6.26. The summed E-state index contributed by atoms with van der Waals surface area (Å²) in [4.78, 5) is 2.47. The highest BCUT2D eigenvalue weighted by Gasteiger charge is 2.30. The van der Waals surface area contributed by atoms with Crippen LogP contribution in [0.2, 0.25) is 0 Å². The number of nitrogens with zero attached hydrogens (tertiary/aromatic N) is 1.